The van der Waals surface area contributed by atoms with Crippen LogP contribution in [-0.2, 0) is 14.3 Å². The van der Waals surface area contributed by atoms with E-state index in [1.165, 1.54) is 12.1 Å². The SMILES string of the molecule is [C-]#[N+]c1ccc(C(OS(=O)(=O)c2ccc(C)cc2)c2ccc(C#N)cc2)cc1. The molecule has 0 saturated heterocycles. The van der Waals surface area contributed by atoms with Crippen molar-refractivity contribution in [1.82, 2.24) is 0 Å². The highest BCUT2D eigenvalue weighted by molar-refractivity contribution is 7.86. The van der Waals surface area contributed by atoms with Crippen molar-refractivity contribution in [3.63, 3.8) is 0 Å². The summed E-state index contributed by atoms with van der Waals surface area (Å²) >= 11 is 0. The molecule has 5 nitrogen and oxygen atoms in total. The number of rotatable bonds is 5. The van der Waals surface area contributed by atoms with Crippen LogP contribution in [0.5, 0.6) is 0 Å². The molecule has 0 aliphatic heterocycles. The summed E-state index contributed by atoms with van der Waals surface area (Å²) in [5, 5.41) is 8.99. The normalized spacial score (nSPS) is 12.0. The molecule has 3 aromatic carbocycles. The zero-order chi connectivity index (χ0) is 20.1. The van der Waals surface area contributed by atoms with E-state index in [-0.39, 0.29) is 4.90 Å². The fourth-order valence-electron chi connectivity index (χ4n) is 2.65. The highest BCUT2D eigenvalue weighted by Gasteiger charge is 2.25. The first kappa shape index (κ1) is 19.3. The van der Waals surface area contributed by atoms with E-state index < -0.39 is 16.2 Å². The van der Waals surface area contributed by atoms with Gasteiger partial charge in [0.25, 0.3) is 10.1 Å². The molecule has 0 N–H and O–H groups in total. The van der Waals surface area contributed by atoms with Gasteiger partial charge in [-0.3, -0.25) is 4.18 Å². The predicted molar refractivity (Wildman–Crippen MR) is 105 cm³/mol. The van der Waals surface area contributed by atoms with E-state index in [1.807, 2.05) is 13.0 Å². The van der Waals surface area contributed by atoms with E-state index in [0.717, 1.165) is 5.56 Å². The largest absolute Gasteiger partial charge is 0.297 e. The summed E-state index contributed by atoms with van der Waals surface area (Å²) in [4.78, 5) is 3.42. The van der Waals surface area contributed by atoms with Gasteiger partial charge in [-0.1, -0.05) is 54.1 Å². The van der Waals surface area contributed by atoms with Crippen LogP contribution in [-0.4, -0.2) is 8.42 Å². The average Bonchev–Trinajstić information content (AvgIpc) is 2.72. The molecule has 3 rings (SSSR count). The molecule has 0 spiro atoms. The van der Waals surface area contributed by atoms with Gasteiger partial charge in [0.05, 0.1) is 23.1 Å². The van der Waals surface area contributed by atoms with Crippen LogP contribution in [0.25, 0.3) is 4.85 Å². The maximum Gasteiger partial charge on any atom is 0.297 e. The van der Waals surface area contributed by atoms with Crippen molar-refractivity contribution in [3.8, 4) is 6.07 Å². The number of nitrogens with zero attached hydrogens (tertiary/aromatic N) is 2. The Hall–Kier alpha value is -3.45. The third-order valence-corrected chi connectivity index (χ3v) is 5.50. The molecular formula is C22H16N2O3S. The van der Waals surface area contributed by atoms with Gasteiger partial charge in [-0.05, 0) is 42.3 Å². The Bertz CT molecular complexity index is 1100. The van der Waals surface area contributed by atoms with Crippen molar-refractivity contribution in [2.75, 3.05) is 0 Å². The van der Waals surface area contributed by atoms with Crippen LogP contribution < -0.4 is 0 Å². The van der Waals surface area contributed by atoms with Crippen LogP contribution in [0.3, 0.4) is 0 Å². The first-order valence-corrected chi connectivity index (χ1v) is 9.81. The monoisotopic (exact) mass is 388 g/mol. The van der Waals surface area contributed by atoms with Gasteiger partial charge in [0.1, 0.15) is 6.10 Å². The van der Waals surface area contributed by atoms with Gasteiger partial charge in [-0.25, -0.2) is 4.85 Å². The number of aryl methyl sites for hydroxylation is 1. The summed E-state index contributed by atoms with van der Waals surface area (Å²) in [6, 6.07) is 21.6. The quantitative estimate of drug-likeness (QED) is 0.460. The van der Waals surface area contributed by atoms with E-state index >= 15 is 0 Å². The third-order valence-electron chi connectivity index (χ3n) is 4.20. The third kappa shape index (κ3) is 4.27. The van der Waals surface area contributed by atoms with E-state index in [4.69, 9.17) is 16.0 Å². The highest BCUT2D eigenvalue weighted by atomic mass is 32.2. The van der Waals surface area contributed by atoms with Crippen LogP contribution in [0.15, 0.2) is 77.7 Å². The summed E-state index contributed by atoms with van der Waals surface area (Å²) in [5.74, 6) is 0. The van der Waals surface area contributed by atoms with E-state index in [2.05, 4.69) is 4.85 Å². The lowest BCUT2D eigenvalue weighted by atomic mass is 10.0. The van der Waals surface area contributed by atoms with Crippen LogP contribution in [0.1, 0.15) is 28.4 Å². The number of nitriles is 1. The maximum atomic E-state index is 12.8. The molecule has 0 fully saturated rings. The van der Waals surface area contributed by atoms with Crippen molar-refractivity contribution >= 4 is 15.8 Å². The van der Waals surface area contributed by atoms with Crippen molar-refractivity contribution in [2.24, 2.45) is 0 Å². The summed E-state index contributed by atoms with van der Waals surface area (Å²) in [7, 11) is -4.03. The van der Waals surface area contributed by atoms with Crippen LogP contribution >= 0.6 is 0 Å². The summed E-state index contributed by atoms with van der Waals surface area (Å²) in [6.07, 6.45) is -0.904. The lowest BCUT2D eigenvalue weighted by molar-refractivity contribution is 0.253. The molecule has 1 unspecified atom stereocenters. The van der Waals surface area contributed by atoms with Gasteiger partial charge >= 0.3 is 0 Å². The van der Waals surface area contributed by atoms with Crippen molar-refractivity contribution in [2.45, 2.75) is 17.9 Å². The molecule has 3 aromatic rings. The first-order valence-electron chi connectivity index (χ1n) is 8.40. The Labute approximate surface area is 164 Å². The fraction of sp³-hybridized carbons (Fsp3) is 0.0909. The zero-order valence-corrected chi connectivity index (χ0v) is 15.8. The zero-order valence-electron chi connectivity index (χ0n) is 15.0. The Balaban J connectivity index is 2.03. The van der Waals surface area contributed by atoms with Crippen molar-refractivity contribution < 1.29 is 12.6 Å². The van der Waals surface area contributed by atoms with Crippen molar-refractivity contribution in [3.05, 3.63) is 106 Å². The molecule has 0 aliphatic rings. The van der Waals surface area contributed by atoms with Gasteiger partial charge in [0, 0.05) is 0 Å². The van der Waals surface area contributed by atoms with E-state index in [9.17, 15) is 8.42 Å². The van der Waals surface area contributed by atoms with Crippen LogP contribution in [0, 0.1) is 24.8 Å². The molecule has 1 atom stereocenters. The average molecular weight is 388 g/mol. The molecule has 0 radical (unpaired) electrons. The molecule has 0 aromatic heterocycles. The molecular weight excluding hydrogens is 372 g/mol. The minimum atomic E-state index is -4.03. The lowest BCUT2D eigenvalue weighted by Gasteiger charge is -2.19. The van der Waals surface area contributed by atoms with Gasteiger partial charge in [0.15, 0.2) is 5.69 Å². The molecule has 0 heterocycles. The smallest absolute Gasteiger partial charge is 0.253 e. The highest BCUT2D eigenvalue weighted by Crippen LogP contribution is 2.31. The number of hydrogen-bond donors (Lipinski definition) is 0. The Morgan fingerprint density at radius 1 is 0.929 bits per heavy atom. The molecule has 0 bridgehead atoms. The van der Waals surface area contributed by atoms with Gasteiger partial charge < -0.3 is 0 Å². The van der Waals surface area contributed by atoms with Crippen LogP contribution in [0.2, 0.25) is 0 Å². The summed E-state index contributed by atoms with van der Waals surface area (Å²) < 4.78 is 31.2. The van der Waals surface area contributed by atoms with Crippen LogP contribution in [0.4, 0.5) is 5.69 Å². The lowest BCUT2D eigenvalue weighted by Crippen LogP contribution is -2.13. The second-order valence-corrected chi connectivity index (χ2v) is 7.75. The first-order chi connectivity index (χ1) is 13.4. The Morgan fingerprint density at radius 2 is 1.46 bits per heavy atom. The van der Waals surface area contributed by atoms with E-state index in [1.54, 1.807) is 60.7 Å². The number of hydrogen-bond acceptors (Lipinski definition) is 4. The Kier molecular flexibility index (Phi) is 5.56. The molecule has 6 heteroatoms. The van der Waals surface area contributed by atoms with Gasteiger partial charge in [-0.15, -0.1) is 0 Å². The molecule has 138 valence electrons. The molecule has 28 heavy (non-hydrogen) atoms. The summed E-state index contributed by atoms with van der Waals surface area (Å²) in [6.45, 7) is 8.94. The minimum Gasteiger partial charge on any atom is -0.253 e. The topological polar surface area (TPSA) is 71.5 Å². The second kappa shape index (κ2) is 8.06. The van der Waals surface area contributed by atoms with Gasteiger partial charge in [-0.2, -0.15) is 13.7 Å². The van der Waals surface area contributed by atoms with Crippen molar-refractivity contribution in [1.29, 1.82) is 5.26 Å². The molecule has 0 aliphatic carbocycles. The summed E-state index contributed by atoms with van der Waals surface area (Å²) in [5.41, 5.74) is 3.03. The Morgan fingerprint density at radius 3 is 1.96 bits per heavy atom. The molecule has 0 saturated carbocycles. The predicted octanol–water partition coefficient (Wildman–Crippen LogP) is 4.91. The fourth-order valence-corrected chi connectivity index (χ4v) is 3.70. The maximum absolute atomic E-state index is 12.8. The van der Waals surface area contributed by atoms with Gasteiger partial charge in [0.2, 0.25) is 0 Å². The second-order valence-electron chi connectivity index (χ2n) is 6.18. The van der Waals surface area contributed by atoms with E-state index in [0.29, 0.717) is 22.4 Å². The standard InChI is InChI=1S/C22H16N2O3S/c1-16-3-13-21(14-4-16)28(25,26)27-22(18-7-5-17(15-23)6-8-18)19-9-11-20(24-2)12-10-19/h3-14,22H,1H3. The minimum absolute atomic E-state index is 0.0644. The number of benzene rings is 3. The molecule has 0 amide bonds.